The van der Waals surface area contributed by atoms with Crippen LogP contribution in [0.25, 0.3) is 10.6 Å². The summed E-state index contributed by atoms with van der Waals surface area (Å²) in [4.78, 5) is 5.80. The van der Waals surface area contributed by atoms with E-state index in [0.717, 1.165) is 11.4 Å². The molecule has 1 aromatic carbocycles. The molecular formula is C13H16N2S. The Balaban J connectivity index is 2.14. The fourth-order valence-corrected chi connectivity index (χ4v) is 2.57. The Bertz CT molecular complexity index is 436. The maximum atomic E-state index is 4.46. The minimum Gasteiger partial charge on any atom is -0.317 e. The number of nitrogens with one attached hydrogen (secondary N) is 1. The maximum Gasteiger partial charge on any atom is 0.123 e. The Morgan fingerprint density at radius 3 is 2.75 bits per heavy atom. The van der Waals surface area contributed by atoms with Crippen LogP contribution in [0.5, 0.6) is 0 Å². The molecule has 1 unspecified atom stereocenters. The largest absolute Gasteiger partial charge is 0.317 e. The average molecular weight is 232 g/mol. The lowest BCUT2D eigenvalue weighted by molar-refractivity contribution is 0.612. The molecule has 2 nitrogen and oxygen atoms in total. The van der Waals surface area contributed by atoms with Crippen molar-refractivity contribution in [3.05, 3.63) is 41.4 Å². The van der Waals surface area contributed by atoms with Gasteiger partial charge in [0.25, 0.3) is 0 Å². The fourth-order valence-electron chi connectivity index (χ4n) is 1.52. The van der Waals surface area contributed by atoms with Gasteiger partial charge in [0.1, 0.15) is 5.01 Å². The molecule has 0 saturated heterocycles. The molecule has 0 aliphatic heterocycles. The van der Waals surface area contributed by atoms with E-state index in [1.807, 2.05) is 31.4 Å². The van der Waals surface area contributed by atoms with Gasteiger partial charge < -0.3 is 5.32 Å². The van der Waals surface area contributed by atoms with Crippen molar-refractivity contribution < 1.29 is 0 Å². The minimum atomic E-state index is 0.504. The molecule has 0 aliphatic rings. The molecule has 84 valence electrons. The summed E-state index contributed by atoms with van der Waals surface area (Å²) in [5, 5.41) is 4.35. The van der Waals surface area contributed by atoms with Crippen LogP contribution in [0.2, 0.25) is 0 Å². The summed E-state index contributed by atoms with van der Waals surface area (Å²) in [6.07, 6.45) is 3.03. The zero-order chi connectivity index (χ0) is 11.4. The van der Waals surface area contributed by atoms with Crippen molar-refractivity contribution in [2.45, 2.75) is 19.4 Å². The Morgan fingerprint density at radius 2 is 2.06 bits per heavy atom. The van der Waals surface area contributed by atoms with E-state index in [-0.39, 0.29) is 0 Å². The van der Waals surface area contributed by atoms with Crippen molar-refractivity contribution in [1.29, 1.82) is 0 Å². The van der Waals surface area contributed by atoms with Gasteiger partial charge in [0.2, 0.25) is 0 Å². The predicted molar refractivity (Wildman–Crippen MR) is 69.8 cm³/mol. The van der Waals surface area contributed by atoms with Gasteiger partial charge in [-0.15, -0.1) is 11.3 Å². The second kappa shape index (κ2) is 5.23. The molecule has 1 aromatic heterocycles. The van der Waals surface area contributed by atoms with Crippen LogP contribution in [0.15, 0.2) is 36.5 Å². The number of benzene rings is 1. The van der Waals surface area contributed by atoms with Crippen LogP contribution in [0.1, 0.15) is 11.8 Å². The smallest absolute Gasteiger partial charge is 0.123 e. The van der Waals surface area contributed by atoms with E-state index in [1.165, 1.54) is 10.4 Å². The van der Waals surface area contributed by atoms with Gasteiger partial charge >= 0.3 is 0 Å². The van der Waals surface area contributed by atoms with Crippen LogP contribution >= 0.6 is 11.3 Å². The Labute approximate surface area is 100 Å². The van der Waals surface area contributed by atoms with Gasteiger partial charge in [-0.1, -0.05) is 30.3 Å². The minimum absolute atomic E-state index is 0.504. The van der Waals surface area contributed by atoms with Crippen molar-refractivity contribution >= 4 is 11.3 Å². The number of rotatable bonds is 4. The molecule has 2 rings (SSSR count). The highest BCUT2D eigenvalue weighted by molar-refractivity contribution is 7.15. The second-order valence-electron chi connectivity index (χ2n) is 3.89. The van der Waals surface area contributed by atoms with Crippen molar-refractivity contribution in [3.63, 3.8) is 0 Å². The molecule has 0 fully saturated rings. The topological polar surface area (TPSA) is 24.9 Å². The number of nitrogens with zero attached hydrogens (tertiary/aromatic N) is 1. The Kier molecular flexibility index (Phi) is 3.70. The van der Waals surface area contributed by atoms with Crippen LogP contribution in [0.4, 0.5) is 0 Å². The number of likely N-dealkylation sites (N-methyl/N-ethyl adjacent to an activating group) is 1. The molecule has 0 aliphatic carbocycles. The van der Waals surface area contributed by atoms with E-state index in [4.69, 9.17) is 0 Å². The van der Waals surface area contributed by atoms with Crippen molar-refractivity contribution in [3.8, 4) is 10.6 Å². The lowest BCUT2D eigenvalue weighted by atomic mass is 10.2. The van der Waals surface area contributed by atoms with Crippen LogP contribution in [0.3, 0.4) is 0 Å². The Morgan fingerprint density at radius 1 is 1.31 bits per heavy atom. The van der Waals surface area contributed by atoms with Crippen LogP contribution in [0, 0.1) is 0 Å². The molecule has 0 bridgehead atoms. The molecule has 1 N–H and O–H groups in total. The lowest BCUT2D eigenvalue weighted by Gasteiger charge is -2.06. The van der Waals surface area contributed by atoms with E-state index in [1.54, 1.807) is 11.3 Å². The quantitative estimate of drug-likeness (QED) is 0.876. The lowest BCUT2D eigenvalue weighted by Crippen LogP contribution is -2.22. The third-order valence-corrected chi connectivity index (χ3v) is 3.64. The summed E-state index contributed by atoms with van der Waals surface area (Å²) < 4.78 is 0. The standard InChI is InChI=1S/C13H16N2S/c1-10(14-2)8-12-9-15-13(16-12)11-6-4-3-5-7-11/h3-7,9-10,14H,8H2,1-2H3. The predicted octanol–water partition coefficient (Wildman–Crippen LogP) is 2.96. The number of aromatic nitrogens is 1. The molecule has 16 heavy (non-hydrogen) atoms. The van der Waals surface area contributed by atoms with Gasteiger partial charge in [0, 0.05) is 22.7 Å². The first-order valence-corrected chi connectivity index (χ1v) is 6.28. The molecule has 3 heteroatoms. The molecular weight excluding hydrogens is 216 g/mol. The first-order valence-electron chi connectivity index (χ1n) is 5.47. The fraction of sp³-hybridized carbons (Fsp3) is 0.308. The SMILES string of the molecule is CNC(C)Cc1cnc(-c2ccccc2)s1. The first kappa shape index (κ1) is 11.3. The van der Waals surface area contributed by atoms with E-state index in [2.05, 4.69) is 29.4 Å². The summed E-state index contributed by atoms with van der Waals surface area (Å²) in [6, 6.07) is 10.8. The summed E-state index contributed by atoms with van der Waals surface area (Å²) >= 11 is 1.78. The van der Waals surface area contributed by atoms with E-state index < -0.39 is 0 Å². The van der Waals surface area contributed by atoms with Crippen LogP contribution in [-0.2, 0) is 6.42 Å². The molecule has 0 radical (unpaired) electrons. The van der Waals surface area contributed by atoms with Gasteiger partial charge in [-0.05, 0) is 20.4 Å². The highest BCUT2D eigenvalue weighted by atomic mass is 32.1. The normalized spacial score (nSPS) is 12.6. The summed E-state index contributed by atoms with van der Waals surface area (Å²) in [6.45, 7) is 2.18. The molecule has 0 amide bonds. The highest BCUT2D eigenvalue weighted by Gasteiger charge is 2.06. The van der Waals surface area contributed by atoms with Crippen molar-refractivity contribution in [2.24, 2.45) is 0 Å². The molecule has 2 aromatic rings. The number of hydrogen-bond donors (Lipinski definition) is 1. The van der Waals surface area contributed by atoms with E-state index in [0.29, 0.717) is 6.04 Å². The molecule has 0 saturated carbocycles. The third-order valence-electron chi connectivity index (χ3n) is 2.57. The maximum absolute atomic E-state index is 4.46. The number of thiazole rings is 1. The third kappa shape index (κ3) is 2.68. The zero-order valence-electron chi connectivity index (χ0n) is 9.60. The summed E-state index contributed by atoms with van der Waals surface area (Å²) in [5.74, 6) is 0. The Hall–Kier alpha value is -1.19. The van der Waals surface area contributed by atoms with Gasteiger partial charge in [-0.2, -0.15) is 0 Å². The molecule has 1 heterocycles. The van der Waals surface area contributed by atoms with Gasteiger partial charge in [-0.25, -0.2) is 4.98 Å². The van der Waals surface area contributed by atoms with Crippen molar-refractivity contribution in [2.75, 3.05) is 7.05 Å². The zero-order valence-corrected chi connectivity index (χ0v) is 10.4. The number of hydrogen-bond acceptors (Lipinski definition) is 3. The first-order chi connectivity index (χ1) is 7.79. The van der Waals surface area contributed by atoms with Crippen molar-refractivity contribution in [1.82, 2.24) is 10.3 Å². The summed E-state index contributed by atoms with van der Waals surface area (Å²) in [5.41, 5.74) is 1.20. The molecule has 0 spiro atoms. The van der Waals surface area contributed by atoms with E-state index >= 15 is 0 Å². The average Bonchev–Trinajstić information content (AvgIpc) is 2.78. The molecule has 1 atom stereocenters. The van der Waals surface area contributed by atoms with Gasteiger partial charge in [-0.3, -0.25) is 0 Å². The highest BCUT2D eigenvalue weighted by Crippen LogP contribution is 2.25. The second-order valence-corrected chi connectivity index (χ2v) is 5.01. The van der Waals surface area contributed by atoms with Gasteiger partial charge in [0.05, 0.1) is 0 Å². The summed E-state index contributed by atoms with van der Waals surface area (Å²) in [7, 11) is 1.99. The van der Waals surface area contributed by atoms with Crippen LogP contribution in [-0.4, -0.2) is 18.1 Å². The monoisotopic (exact) mass is 232 g/mol. The van der Waals surface area contributed by atoms with E-state index in [9.17, 15) is 0 Å². The van der Waals surface area contributed by atoms with Crippen LogP contribution < -0.4 is 5.32 Å². The van der Waals surface area contributed by atoms with Gasteiger partial charge in [0.15, 0.2) is 0 Å².